The molecular formula is C25H35N3O4S. The van der Waals surface area contributed by atoms with Crippen molar-refractivity contribution < 1.29 is 14.3 Å². The number of hydrogen-bond acceptors (Lipinski definition) is 6. The lowest BCUT2D eigenvalue weighted by Crippen LogP contribution is -2.34. The number of thioether (sulfide) groups is 1. The maximum Gasteiger partial charge on any atom is 0.262 e. The van der Waals surface area contributed by atoms with E-state index in [2.05, 4.69) is 18.3 Å². The quantitative estimate of drug-likeness (QED) is 0.289. The number of fused-ring (bicyclic) bond motifs is 1. The summed E-state index contributed by atoms with van der Waals surface area (Å²) in [7, 11) is 3.11. The number of carbonyl (C=O) groups excluding carboxylic acids is 1. The highest BCUT2D eigenvalue weighted by Crippen LogP contribution is 2.31. The van der Waals surface area contributed by atoms with Crippen LogP contribution in [0.3, 0.4) is 0 Å². The lowest BCUT2D eigenvalue weighted by molar-refractivity contribution is -0.119. The van der Waals surface area contributed by atoms with Crippen LogP contribution >= 0.6 is 11.8 Å². The Bertz CT molecular complexity index is 1060. The standard InChI is InChI=1S/C25H35N3O4S/c1-5-9-17(2)26-23(29)16-33-25-27-20-15-22(32-4)21(31-3)14-19(20)24(30)28(25)13-12-18-10-7-6-8-11-18/h10,14-15,17H,5-9,11-13,16H2,1-4H3,(H,26,29). The van der Waals surface area contributed by atoms with E-state index in [1.807, 2.05) is 6.92 Å². The average molecular weight is 474 g/mol. The largest absolute Gasteiger partial charge is 0.493 e. The molecule has 0 saturated heterocycles. The van der Waals surface area contributed by atoms with E-state index < -0.39 is 0 Å². The van der Waals surface area contributed by atoms with Crippen LogP contribution in [0.1, 0.15) is 58.8 Å². The molecule has 1 atom stereocenters. The van der Waals surface area contributed by atoms with E-state index in [1.54, 1.807) is 30.9 Å². The predicted molar refractivity (Wildman–Crippen MR) is 134 cm³/mol. The Morgan fingerprint density at radius 3 is 2.67 bits per heavy atom. The highest BCUT2D eigenvalue weighted by molar-refractivity contribution is 7.99. The van der Waals surface area contributed by atoms with E-state index in [9.17, 15) is 9.59 Å². The van der Waals surface area contributed by atoms with Crippen molar-refractivity contribution in [3.63, 3.8) is 0 Å². The van der Waals surface area contributed by atoms with E-state index in [0.717, 1.165) is 32.1 Å². The maximum absolute atomic E-state index is 13.5. The average Bonchev–Trinajstić information content (AvgIpc) is 2.82. The van der Waals surface area contributed by atoms with Crippen molar-refractivity contribution in [1.29, 1.82) is 0 Å². The Labute approximate surface area is 199 Å². The number of aromatic nitrogens is 2. The molecule has 1 unspecified atom stereocenters. The van der Waals surface area contributed by atoms with Crippen molar-refractivity contribution in [3.05, 3.63) is 34.1 Å². The molecule has 2 aromatic rings. The molecule has 8 heteroatoms. The van der Waals surface area contributed by atoms with Crippen LogP contribution in [0.4, 0.5) is 0 Å². The second kappa shape index (κ2) is 12.1. The van der Waals surface area contributed by atoms with Crippen molar-refractivity contribution >= 4 is 28.6 Å². The van der Waals surface area contributed by atoms with E-state index >= 15 is 0 Å². The molecule has 1 amide bonds. The van der Waals surface area contributed by atoms with Crippen LogP contribution in [0.25, 0.3) is 10.9 Å². The zero-order valence-corrected chi connectivity index (χ0v) is 20.9. The molecule has 1 aromatic heterocycles. The molecule has 0 spiro atoms. The van der Waals surface area contributed by atoms with Gasteiger partial charge in [-0.2, -0.15) is 0 Å². The summed E-state index contributed by atoms with van der Waals surface area (Å²) in [6.07, 6.45) is 9.68. The molecule has 0 radical (unpaired) electrons. The molecule has 1 heterocycles. The number of hydrogen-bond donors (Lipinski definition) is 1. The lowest BCUT2D eigenvalue weighted by atomic mass is 9.97. The molecule has 0 bridgehead atoms. The summed E-state index contributed by atoms with van der Waals surface area (Å²) >= 11 is 1.30. The number of rotatable bonds is 11. The summed E-state index contributed by atoms with van der Waals surface area (Å²) in [5.41, 5.74) is 1.80. The summed E-state index contributed by atoms with van der Waals surface area (Å²) in [6.45, 7) is 4.64. The molecular weight excluding hydrogens is 438 g/mol. The Morgan fingerprint density at radius 1 is 1.24 bits per heavy atom. The summed E-state index contributed by atoms with van der Waals surface area (Å²) in [4.78, 5) is 30.7. The first-order valence-corrected chi connectivity index (χ1v) is 12.7. The number of carbonyl (C=O) groups is 1. The molecule has 7 nitrogen and oxygen atoms in total. The molecule has 180 valence electrons. The number of methoxy groups -OCH3 is 2. The highest BCUT2D eigenvalue weighted by Gasteiger charge is 2.17. The number of allylic oxidation sites excluding steroid dienone is 2. The Morgan fingerprint density at radius 2 is 2.00 bits per heavy atom. The van der Waals surface area contributed by atoms with Crippen LogP contribution in [-0.2, 0) is 11.3 Å². The third-order valence-electron chi connectivity index (χ3n) is 5.93. The molecule has 3 rings (SSSR count). The molecule has 1 aliphatic rings. The van der Waals surface area contributed by atoms with Gasteiger partial charge in [-0.3, -0.25) is 14.2 Å². The summed E-state index contributed by atoms with van der Waals surface area (Å²) in [5.74, 6) is 1.17. The zero-order chi connectivity index (χ0) is 23.8. The van der Waals surface area contributed by atoms with Crippen molar-refractivity contribution in [2.24, 2.45) is 0 Å². The smallest absolute Gasteiger partial charge is 0.262 e. The number of ether oxygens (including phenoxy) is 2. The van der Waals surface area contributed by atoms with Gasteiger partial charge in [0, 0.05) is 18.7 Å². The van der Waals surface area contributed by atoms with Gasteiger partial charge in [-0.25, -0.2) is 4.98 Å². The zero-order valence-electron chi connectivity index (χ0n) is 20.1. The van der Waals surface area contributed by atoms with E-state index in [1.165, 1.54) is 30.2 Å². The van der Waals surface area contributed by atoms with E-state index in [4.69, 9.17) is 14.5 Å². The lowest BCUT2D eigenvalue weighted by Gasteiger charge is -2.17. The topological polar surface area (TPSA) is 82.5 Å². The minimum Gasteiger partial charge on any atom is -0.493 e. The van der Waals surface area contributed by atoms with Crippen LogP contribution in [0.5, 0.6) is 11.5 Å². The monoisotopic (exact) mass is 473 g/mol. The highest BCUT2D eigenvalue weighted by atomic mass is 32.2. The van der Waals surface area contributed by atoms with Gasteiger partial charge < -0.3 is 14.8 Å². The third-order valence-corrected chi connectivity index (χ3v) is 6.90. The van der Waals surface area contributed by atoms with Crippen LogP contribution in [-0.4, -0.2) is 41.5 Å². The van der Waals surface area contributed by atoms with Gasteiger partial charge in [0.05, 0.1) is 30.9 Å². The number of nitrogens with zero attached hydrogens (tertiary/aromatic N) is 2. The van der Waals surface area contributed by atoms with Gasteiger partial charge >= 0.3 is 0 Å². The Balaban J connectivity index is 1.92. The van der Waals surface area contributed by atoms with Gasteiger partial charge in [0.25, 0.3) is 5.56 Å². The maximum atomic E-state index is 13.5. The fourth-order valence-electron chi connectivity index (χ4n) is 4.17. The first kappa shape index (κ1) is 25.1. The van der Waals surface area contributed by atoms with Gasteiger partial charge in [-0.1, -0.05) is 36.8 Å². The summed E-state index contributed by atoms with van der Waals surface area (Å²) in [5, 5.41) is 4.05. The molecule has 33 heavy (non-hydrogen) atoms. The third kappa shape index (κ3) is 6.53. The first-order chi connectivity index (χ1) is 16.0. The van der Waals surface area contributed by atoms with Crippen molar-refractivity contribution in [2.45, 2.75) is 76.5 Å². The molecule has 1 N–H and O–H groups in total. The molecule has 0 aliphatic heterocycles. The summed E-state index contributed by atoms with van der Waals surface area (Å²) in [6, 6.07) is 3.54. The Hall–Kier alpha value is -2.48. The molecule has 0 saturated carbocycles. The second-order valence-corrected chi connectivity index (χ2v) is 9.42. The minimum atomic E-state index is -0.125. The predicted octanol–water partition coefficient (Wildman–Crippen LogP) is 4.70. The van der Waals surface area contributed by atoms with Gasteiger partial charge in [0.2, 0.25) is 5.91 Å². The first-order valence-electron chi connectivity index (χ1n) is 11.7. The van der Waals surface area contributed by atoms with Crippen molar-refractivity contribution in [3.8, 4) is 11.5 Å². The van der Waals surface area contributed by atoms with Crippen molar-refractivity contribution in [2.75, 3.05) is 20.0 Å². The molecule has 1 aromatic carbocycles. The fraction of sp³-hybridized carbons (Fsp3) is 0.560. The molecule has 1 aliphatic carbocycles. The minimum absolute atomic E-state index is 0.0517. The van der Waals surface area contributed by atoms with Gasteiger partial charge in [-0.05, 0) is 51.5 Å². The normalized spacial score (nSPS) is 14.6. The van der Waals surface area contributed by atoms with Crippen LogP contribution in [0, 0.1) is 0 Å². The summed E-state index contributed by atoms with van der Waals surface area (Å²) < 4.78 is 12.5. The Kier molecular flexibility index (Phi) is 9.23. The van der Waals surface area contributed by atoms with E-state index in [-0.39, 0.29) is 23.3 Å². The van der Waals surface area contributed by atoms with Gasteiger partial charge in [-0.15, -0.1) is 0 Å². The van der Waals surface area contributed by atoms with E-state index in [0.29, 0.717) is 34.1 Å². The number of nitrogens with one attached hydrogen (secondary N) is 1. The number of amides is 1. The van der Waals surface area contributed by atoms with Gasteiger partial charge in [0.1, 0.15) is 0 Å². The molecule has 0 fully saturated rings. The van der Waals surface area contributed by atoms with Crippen molar-refractivity contribution in [1.82, 2.24) is 14.9 Å². The van der Waals surface area contributed by atoms with Crippen LogP contribution in [0.2, 0.25) is 0 Å². The number of benzene rings is 1. The van der Waals surface area contributed by atoms with Gasteiger partial charge in [0.15, 0.2) is 16.7 Å². The van der Waals surface area contributed by atoms with Crippen LogP contribution in [0.15, 0.2) is 33.7 Å². The SMILES string of the molecule is CCCC(C)NC(=O)CSc1nc2cc(OC)c(OC)cc2c(=O)n1CCC1=CCCCC1. The fourth-order valence-corrected chi connectivity index (χ4v) is 5.01. The van der Waals surface area contributed by atoms with Crippen LogP contribution < -0.4 is 20.3 Å². The second-order valence-electron chi connectivity index (χ2n) is 8.48.